The first-order chi connectivity index (χ1) is 16.0. The molecule has 0 radical (unpaired) electrons. The van der Waals surface area contributed by atoms with Crippen LogP contribution < -0.4 is 0 Å². The Morgan fingerprint density at radius 3 is 2.61 bits per heavy atom. The van der Waals surface area contributed by atoms with Gasteiger partial charge in [-0.25, -0.2) is 4.68 Å². The van der Waals surface area contributed by atoms with Crippen molar-refractivity contribution in [2.75, 3.05) is 0 Å². The molecule has 1 aliphatic carbocycles. The zero-order chi connectivity index (χ0) is 23.1. The van der Waals surface area contributed by atoms with E-state index >= 15 is 0 Å². The number of nitriles is 1. The van der Waals surface area contributed by atoms with Crippen molar-refractivity contribution < 1.29 is 15.0 Å². The van der Waals surface area contributed by atoms with Crippen molar-refractivity contribution in [1.29, 1.82) is 5.26 Å². The van der Waals surface area contributed by atoms with E-state index in [0.29, 0.717) is 41.5 Å². The Bertz CT molecular complexity index is 1230. The second-order valence-electron chi connectivity index (χ2n) is 8.91. The predicted molar refractivity (Wildman–Crippen MR) is 122 cm³/mol. The zero-order valence-corrected chi connectivity index (χ0v) is 18.5. The Balaban J connectivity index is 1.48. The number of carbonyl (C=O) groups excluding carboxylic acids is 1. The fourth-order valence-electron chi connectivity index (χ4n) is 5.25. The van der Waals surface area contributed by atoms with Crippen LogP contribution in [-0.2, 0) is 6.42 Å². The second-order valence-corrected chi connectivity index (χ2v) is 8.91. The molecule has 0 saturated heterocycles. The van der Waals surface area contributed by atoms with E-state index in [1.807, 2.05) is 36.5 Å². The number of hydrogen-bond donors (Lipinski definition) is 2. The number of benzene rings is 2. The van der Waals surface area contributed by atoms with E-state index < -0.39 is 18.4 Å². The molecule has 33 heavy (non-hydrogen) atoms. The molecule has 3 aromatic rings. The Morgan fingerprint density at radius 2 is 1.94 bits per heavy atom. The molecule has 168 valence electrons. The van der Waals surface area contributed by atoms with Gasteiger partial charge in [-0.15, -0.1) is 0 Å². The Hall–Kier alpha value is -3.47. The van der Waals surface area contributed by atoms with E-state index in [1.165, 1.54) is 4.90 Å². The molecule has 2 aromatic carbocycles. The number of fused-ring (bicyclic) bond motifs is 1. The minimum absolute atomic E-state index is 0.272. The highest BCUT2D eigenvalue weighted by Crippen LogP contribution is 2.41. The molecule has 1 aromatic heterocycles. The summed E-state index contributed by atoms with van der Waals surface area (Å²) in [5.74, 6) is -0.272. The minimum Gasteiger partial charge on any atom is -0.391 e. The summed E-state index contributed by atoms with van der Waals surface area (Å²) in [5.41, 5.74) is 4.75. The number of nitrogens with zero attached hydrogens (tertiary/aromatic N) is 4. The van der Waals surface area contributed by atoms with Gasteiger partial charge in [-0.3, -0.25) is 4.79 Å². The molecule has 7 nitrogen and oxygen atoms in total. The number of aromatic nitrogens is 2. The lowest BCUT2D eigenvalue weighted by Gasteiger charge is -2.37. The van der Waals surface area contributed by atoms with Crippen molar-refractivity contribution in [3.8, 4) is 11.8 Å². The van der Waals surface area contributed by atoms with Gasteiger partial charge in [-0.1, -0.05) is 25.0 Å². The van der Waals surface area contributed by atoms with Gasteiger partial charge in [0.25, 0.3) is 5.91 Å². The first kappa shape index (κ1) is 21.4. The van der Waals surface area contributed by atoms with E-state index in [9.17, 15) is 20.3 Å². The summed E-state index contributed by atoms with van der Waals surface area (Å²) in [6.45, 7) is 1.79. The van der Waals surface area contributed by atoms with Crippen LogP contribution in [0.4, 0.5) is 0 Å². The molecule has 1 unspecified atom stereocenters. The van der Waals surface area contributed by atoms with E-state index in [1.54, 1.807) is 23.9 Å². The van der Waals surface area contributed by atoms with Crippen LogP contribution in [0, 0.1) is 18.3 Å². The molecule has 0 spiro atoms. The molecule has 1 fully saturated rings. The SMILES string of the molecule is Cc1c(C#N)c(Cc2ccc(-n3cccn3)cc2)cc2c1C(O)N([C@@H]1CCCC[C@H]1O)C2=O. The molecular formula is C26H26N4O3. The average molecular weight is 443 g/mol. The topological polar surface area (TPSA) is 102 Å². The third-order valence-electron chi connectivity index (χ3n) is 6.96. The molecule has 1 amide bonds. The quantitative estimate of drug-likeness (QED) is 0.645. The van der Waals surface area contributed by atoms with Crippen LogP contribution in [0.25, 0.3) is 5.69 Å². The largest absolute Gasteiger partial charge is 0.391 e. The average Bonchev–Trinajstić information content (AvgIpc) is 3.43. The summed E-state index contributed by atoms with van der Waals surface area (Å²) < 4.78 is 1.78. The summed E-state index contributed by atoms with van der Waals surface area (Å²) in [5, 5.41) is 35.7. The van der Waals surface area contributed by atoms with E-state index in [4.69, 9.17) is 0 Å². The number of aliphatic hydroxyl groups is 2. The second kappa shape index (κ2) is 8.47. The third kappa shape index (κ3) is 3.62. The van der Waals surface area contributed by atoms with Gasteiger partial charge in [0.2, 0.25) is 0 Å². The highest BCUT2D eigenvalue weighted by atomic mass is 16.3. The summed E-state index contributed by atoms with van der Waals surface area (Å²) in [6, 6.07) is 13.4. The Kier molecular flexibility index (Phi) is 5.49. The van der Waals surface area contributed by atoms with Crippen molar-refractivity contribution in [2.24, 2.45) is 0 Å². The number of aliphatic hydroxyl groups excluding tert-OH is 2. The summed E-state index contributed by atoms with van der Waals surface area (Å²) in [4.78, 5) is 14.8. The maximum Gasteiger partial charge on any atom is 0.256 e. The fraction of sp³-hybridized carbons (Fsp3) is 0.346. The van der Waals surface area contributed by atoms with Gasteiger partial charge >= 0.3 is 0 Å². The van der Waals surface area contributed by atoms with Crippen molar-refractivity contribution in [3.63, 3.8) is 0 Å². The van der Waals surface area contributed by atoms with E-state index in [2.05, 4.69) is 11.2 Å². The smallest absolute Gasteiger partial charge is 0.256 e. The highest BCUT2D eigenvalue weighted by Gasteiger charge is 2.44. The number of rotatable bonds is 4. The van der Waals surface area contributed by atoms with Crippen LogP contribution in [0.5, 0.6) is 0 Å². The van der Waals surface area contributed by atoms with Crippen LogP contribution in [0.15, 0.2) is 48.8 Å². The molecule has 3 atom stereocenters. The van der Waals surface area contributed by atoms with Crippen molar-refractivity contribution >= 4 is 5.91 Å². The number of hydrogen-bond acceptors (Lipinski definition) is 5. The molecule has 1 saturated carbocycles. The minimum atomic E-state index is -1.14. The van der Waals surface area contributed by atoms with Gasteiger partial charge in [-0.2, -0.15) is 10.4 Å². The van der Waals surface area contributed by atoms with Gasteiger partial charge in [-0.05, 0) is 67.1 Å². The molecule has 2 heterocycles. The van der Waals surface area contributed by atoms with Crippen LogP contribution in [0.2, 0.25) is 0 Å². The molecule has 1 aliphatic heterocycles. The van der Waals surface area contributed by atoms with Crippen LogP contribution in [0.3, 0.4) is 0 Å². The lowest BCUT2D eigenvalue weighted by atomic mass is 9.90. The van der Waals surface area contributed by atoms with Gasteiger partial charge < -0.3 is 15.1 Å². The normalized spacial score (nSPS) is 22.3. The standard InChI is InChI=1S/C26H26N4O3/c1-16-21(15-27)18(13-17-7-9-19(10-8-17)29-12-4-11-28-29)14-20-24(16)26(33)30(25(20)32)22-5-2-3-6-23(22)31/h4,7-12,14,22-23,26,31,33H,2-3,5-6,13H2,1H3/t22-,23-,26?/m1/s1. The monoisotopic (exact) mass is 442 g/mol. The number of amides is 1. The summed E-state index contributed by atoms with van der Waals surface area (Å²) >= 11 is 0. The van der Waals surface area contributed by atoms with Crippen molar-refractivity contribution in [1.82, 2.24) is 14.7 Å². The maximum atomic E-state index is 13.3. The maximum absolute atomic E-state index is 13.3. The Labute approximate surface area is 192 Å². The summed E-state index contributed by atoms with van der Waals surface area (Å²) in [6.07, 6.45) is 5.43. The Morgan fingerprint density at radius 1 is 1.18 bits per heavy atom. The van der Waals surface area contributed by atoms with Crippen molar-refractivity contribution in [2.45, 2.75) is 57.4 Å². The molecule has 2 aliphatic rings. The predicted octanol–water partition coefficient (Wildman–Crippen LogP) is 3.39. The first-order valence-electron chi connectivity index (χ1n) is 11.3. The lowest BCUT2D eigenvalue weighted by Crippen LogP contribution is -2.47. The molecule has 7 heteroatoms. The molecule has 0 bridgehead atoms. The fourth-order valence-corrected chi connectivity index (χ4v) is 5.25. The third-order valence-corrected chi connectivity index (χ3v) is 6.96. The molecular weight excluding hydrogens is 416 g/mol. The van der Waals surface area contributed by atoms with Crippen LogP contribution in [0.1, 0.15) is 70.1 Å². The van der Waals surface area contributed by atoms with Crippen LogP contribution >= 0.6 is 0 Å². The molecule has 2 N–H and O–H groups in total. The molecule has 5 rings (SSSR count). The first-order valence-corrected chi connectivity index (χ1v) is 11.3. The van der Waals surface area contributed by atoms with Gasteiger partial charge in [0, 0.05) is 23.5 Å². The zero-order valence-electron chi connectivity index (χ0n) is 18.5. The van der Waals surface area contributed by atoms with Gasteiger partial charge in [0.15, 0.2) is 6.23 Å². The van der Waals surface area contributed by atoms with Gasteiger partial charge in [0.1, 0.15) is 0 Å². The van der Waals surface area contributed by atoms with Crippen LogP contribution in [-0.4, -0.2) is 42.9 Å². The van der Waals surface area contributed by atoms with Gasteiger partial charge in [0.05, 0.1) is 29.5 Å². The number of carbonyl (C=O) groups is 1. The highest BCUT2D eigenvalue weighted by molar-refractivity contribution is 6.00. The van der Waals surface area contributed by atoms with E-state index in [0.717, 1.165) is 29.7 Å². The lowest BCUT2D eigenvalue weighted by molar-refractivity contribution is -0.0497. The van der Waals surface area contributed by atoms with E-state index in [-0.39, 0.29) is 5.91 Å². The summed E-state index contributed by atoms with van der Waals surface area (Å²) in [7, 11) is 0. The van der Waals surface area contributed by atoms with Crippen molar-refractivity contribution in [3.05, 3.63) is 82.2 Å².